The van der Waals surface area contributed by atoms with E-state index in [-0.39, 0.29) is 0 Å². The van der Waals surface area contributed by atoms with Crippen molar-refractivity contribution >= 4 is 17.3 Å². The fourth-order valence-corrected chi connectivity index (χ4v) is 3.53. The lowest BCUT2D eigenvalue weighted by atomic mass is 9.94. The van der Waals surface area contributed by atoms with Crippen LogP contribution in [-0.4, -0.2) is 29.4 Å². The summed E-state index contributed by atoms with van der Waals surface area (Å²) >= 11 is 5.66. The van der Waals surface area contributed by atoms with Crippen LogP contribution in [0.2, 0.25) is 0 Å². The molecule has 1 heterocycles. The Bertz CT molecular complexity index is 615. The number of benzene rings is 1. The van der Waals surface area contributed by atoms with Gasteiger partial charge in [0.05, 0.1) is 0 Å². The Kier molecular flexibility index (Phi) is 5.61. The van der Waals surface area contributed by atoms with E-state index in [2.05, 4.69) is 48.3 Å². The molecule has 0 bridgehead atoms. The number of nitrogens with one attached hydrogen (secondary N) is 1. The van der Waals surface area contributed by atoms with E-state index in [1.165, 1.54) is 18.4 Å². The standard InChI is InChI=1S/C19H26N2O2S/c1-14(2)20-19(24)21(11-15-6-4-3-5-7-15)12-16-8-9-17-18(10-16)23-13-22-17/h3-4,8-10,14-15H,5-7,11-13H2,1-2H3,(H,20,24). The van der Waals surface area contributed by atoms with E-state index in [0.29, 0.717) is 18.8 Å². The highest BCUT2D eigenvalue weighted by Crippen LogP contribution is 2.33. The smallest absolute Gasteiger partial charge is 0.231 e. The van der Waals surface area contributed by atoms with Gasteiger partial charge in [0.2, 0.25) is 6.79 Å². The molecule has 3 rings (SSSR count). The van der Waals surface area contributed by atoms with E-state index < -0.39 is 0 Å². The molecule has 0 saturated heterocycles. The summed E-state index contributed by atoms with van der Waals surface area (Å²) < 4.78 is 10.9. The second kappa shape index (κ2) is 7.88. The van der Waals surface area contributed by atoms with E-state index in [1.54, 1.807) is 0 Å². The summed E-state index contributed by atoms with van der Waals surface area (Å²) in [5, 5.41) is 4.22. The van der Waals surface area contributed by atoms with Crippen LogP contribution in [0.5, 0.6) is 11.5 Å². The molecule has 1 atom stereocenters. The molecule has 1 aliphatic heterocycles. The molecule has 0 spiro atoms. The second-order valence-electron chi connectivity index (χ2n) is 6.82. The Hall–Kier alpha value is -1.75. The van der Waals surface area contributed by atoms with Crippen molar-refractivity contribution in [3.8, 4) is 11.5 Å². The first-order valence-electron chi connectivity index (χ1n) is 8.71. The predicted octanol–water partition coefficient (Wildman–Crippen LogP) is 3.86. The normalized spacial score (nSPS) is 18.7. The van der Waals surface area contributed by atoms with Gasteiger partial charge < -0.3 is 19.7 Å². The van der Waals surface area contributed by atoms with Crippen molar-refractivity contribution in [2.45, 2.75) is 45.7 Å². The molecule has 0 saturated carbocycles. The first-order valence-corrected chi connectivity index (χ1v) is 9.11. The zero-order valence-electron chi connectivity index (χ0n) is 14.5. The predicted molar refractivity (Wildman–Crippen MR) is 100 cm³/mol. The summed E-state index contributed by atoms with van der Waals surface area (Å²) in [5.74, 6) is 2.32. The Morgan fingerprint density at radius 1 is 1.29 bits per heavy atom. The summed E-state index contributed by atoms with van der Waals surface area (Å²) in [6.07, 6.45) is 8.13. The molecule has 1 aromatic carbocycles. The highest BCUT2D eigenvalue weighted by molar-refractivity contribution is 7.80. The van der Waals surface area contributed by atoms with Crippen molar-refractivity contribution in [1.82, 2.24) is 10.2 Å². The number of hydrogen-bond acceptors (Lipinski definition) is 3. The summed E-state index contributed by atoms with van der Waals surface area (Å²) in [5.41, 5.74) is 1.19. The topological polar surface area (TPSA) is 33.7 Å². The summed E-state index contributed by atoms with van der Waals surface area (Å²) in [6, 6.07) is 6.48. The van der Waals surface area contributed by atoms with Gasteiger partial charge in [0.15, 0.2) is 16.6 Å². The lowest BCUT2D eigenvalue weighted by Crippen LogP contribution is -2.44. The lowest BCUT2D eigenvalue weighted by Gasteiger charge is -2.31. The van der Waals surface area contributed by atoms with Crippen LogP contribution < -0.4 is 14.8 Å². The number of thiocarbonyl (C=S) groups is 1. The summed E-state index contributed by atoms with van der Waals surface area (Å²) in [6.45, 7) is 6.32. The SMILES string of the molecule is CC(C)NC(=S)N(Cc1ccc2c(c1)OCO2)CC1CC=CCC1. The zero-order valence-corrected chi connectivity index (χ0v) is 15.3. The maximum Gasteiger partial charge on any atom is 0.231 e. The third-order valence-corrected chi connectivity index (χ3v) is 4.74. The van der Waals surface area contributed by atoms with Crippen molar-refractivity contribution in [1.29, 1.82) is 0 Å². The number of fused-ring (bicyclic) bond motifs is 1. The van der Waals surface area contributed by atoms with Gasteiger partial charge in [-0.2, -0.15) is 0 Å². The number of ether oxygens (including phenoxy) is 2. The minimum absolute atomic E-state index is 0.310. The van der Waals surface area contributed by atoms with Crippen LogP contribution in [-0.2, 0) is 6.54 Å². The van der Waals surface area contributed by atoms with Gasteiger partial charge in [-0.25, -0.2) is 0 Å². The summed E-state index contributed by atoms with van der Waals surface area (Å²) in [4.78, 5) is 2.29. The van der Waals surface area contributed by atoms with Gasteiger partial charge in [0.25, 0.3) is 0 Å². The van der Waals surface area contributed by atoms with Crippen molar-refractivity contribution < 1.29 is 9.47 Å². The minimum atomic E-state index is 0.310. The molecule has 1 aliphatic carbocycles. The molecule has 0 fully saturated rings. The Morgan fingerprint density at radius 2 is 2.12 bits per heavy atom. The first-order chi connectivity index (χ1) is 11.6. The van der Waals surface area contributed by atoms with Crippen molar-refractivity contribution in [2.24, 2.45) is 5.92 Å². The fraction of sp³-hybridized carbons (Fsp3) is 0.526. The molecule has 24 heavy (non-hydrogen) atoms. The van der Waals surface area contributed by atoms with Crippen LogP contribution in [0.3, 0.4) is 0 Å². The van der Waals surface area contributed by atoms with Gasteiger partial charge in [-0.3, -0.25) is 0 Å². The maximum atomic E-state index is 5.66. The maximum absolute atomic E-state index is 5.66. The zero-order chi connectivity index (χ0) is 16.9. The fourth-order valence-electron chi connectivity index (χ4n) is 3.15. The average Bonchev–Trinajstić information content (AvgIpc) is 3.02. The van der Waals surface area contributed by atoms with E-state index in [9.17, 15) is 0 Å². The van der Waals surface area contributed by atoms with Crippen LogP contribution in [0, 0.1) is 5.92 Å². The second-order valence-corrected chi connectivity index (χ2v) is 7.21. The molecule has 2 aliphatic rings. The average molecular weight is 346 g/mol. The van der Waals surface area contributed by atoms with Crippen LogP contribution in [0.15, 0.2) is 30.4 Å². The van der Waals surface area contributed by atoms with E-state index >= 15 is 0 Å². The first kappa shape index (κ1) is 17.1. The van der Waals surface area contributed by atoms with Crippen LogP contribution in [0.4, 0.5) is 0 Å². The Morgan fingerprint density at radius 3 is 2.88 bits per heavy atom. The number of nitrogens with zero attached hydrogens (tertiary/aromatic N) is 1. The molecule has 0 radical (unpaired) electrons. The number of hydrogen-bond donors (Lipinski definition) is 1. The Labute approximate surface area is 149 Å². The molecular weight excluding hydrogens is 320 g/mol. The lowest BCUT2D eigenvalue weighted by molar-refractivity contribution is 0.174. The number of rotatable bonds is 5. The molecule has 1 N–H and O–H groups in total. The third-order valence-electron chi connectivity index (χ3n) is 4.37. The summed E-state index contributed by atoms with van der Waals surface area (Å²) in [7, 11) is 0. The Balaban J connectivity index is 1.70. The molecule has 4 nitrogen and oxygen atoms in total. The third kappa shape index (κ3) is 4.41. The molecule has 130 valence electrons. The molecule has 0 amide bonds. The minimum Gasteiger partial charge on any atom is -0.454 e. The van der Waals surface area contributed by atoms with E-state index in [4.69, 9.17) is 21.7 Å². The van der Waals surface area contributed by atoms with Gasteiger partial charge in [0, 0.05) is 19.1 Å². The van der Waals surface area contributed by atoms with Gasteiger partial charge in [0.1, 0.15) is 0 Å². The van der Waals surface area contributed by atoms with Gasteiger partial charge in [-0.15, -0.1) is 0 Å². The van der Waals surface area contributed by atoms with E-state index in [0.717, 1.165) is 36.1 Å². The van der Waals surface area contributed by atoms with Crippen LogP contribution >= 0.6 is 12.2 Å². The van der Waals surface area contributed by atoms with Crippen LogP contribution in [0.25, 0.3) is 0 Å². The molecule has 0 aromatic heterocycles. The highest BCUT2D eigenvalue weighted by Gasteiger charge is 2.20. The molecular formula is C19H26N2O2S. The molecule has 1 unspecified atom stereocenters. The van der Waals surface area contributed by atoms with Crippen molar-refractivity contribution in [3.05, 3.63) is 35.9 Å². The quantitative estimate of drug-likeness (QED) is 0.647. The monoisotopic (exact) mass is 346 g/mol. The highest BCUT2D eigenvalue weighted by atomic mass is 32.1. The number of allylic oxidation sites excluding steroid dienone is 2. The van der Waals surface area contributed by atoms with Gasteiger partial charge >= 0.3 is 0 Å². The molecule has 1 aromatic rings. The molecule has 5 heteroatoms. The van der Waals surface area contributed by atoms with Crippen LogP contribution in [0.1, 0.15) is 38.7 Å². The van der Waals surface area contributed by atoms with Gasteiger partial charge in [-0.1, -0.05) is 18.2 Å². The van der Waals surface area contributed by atoms with Gasteiger partial charge in [-0.05, 0) is 68.9 Å². The van der Waals surface area contributed by atoms with E-state index in [1.807, 2.05) is 6.07 Å². The largest absolute Gasteiger partial charge is 0.454 e. The van der Waals surface area contributed by atoms with Crippen molar-refractivity contribution in [2.75, 3.05) is 13.3 Å². The van der Waals surface area contributed by atoms with Crippen molar-refractivity contribution in [3.63, 3.8) is 0 Å².